The zero-order chi connectivity index (χ0) is 54.5. The lowest BCUT2D eigenvalue weighted by Crippen LogP contribution is -2.58. The first-order valence-corrected chi connectivity index (χ1v) is 28.2. The Bertz CT molecular complexity index is 3280. The average molecular weight is 1100 g/mol. The number of nitrogens with zero attached hydrogens (tertiary/aromatic N) is 8. The molecule has 16 nitrogen and oxygen atoms in total. The normalized spacial score (nSPS) is 16.0. The van der Waals surface area contributed by atoms with Crippen LogP contribution in [0.5, 0.6) is 0 Å². The molecule has 3 N–H and O–H groups in total. The second-order valence-corrected chi connectivity index (χ2v) is 23.5. The first kappa shape index (κ1) is 54.9. The van der Waals surface area contributed by atoms with Crippen LogP contribution in [0.15, 0.2) is 95.7 Å². The molecule has 3 aromatic carbocycles. The van der Waals surface area contributed by atoms with E-state index in [0.717, 1.165) is 78.0 Å². The molecule has 77 heavy (non-hydrogen) atoms. The number of carbonyl (C=O) groups excluding carboxylic acids is 4. The third kappa shape index (κ3) is 12.6. The van der Waals surface area contributed by atoms with E-state index in [1.807, 2.05) is 141 Å². The highest BCUT2D eigenvalue weighted by Gasteiger charge is 2.42. The molecule has 1 fully saturated rings. The van der Waals surface area contributed by atoms with Crippen LogP contribution in [0.4, 0.5) is 0 Å². The number of fused-ring (bicyclic) bond motifs is 3. The van der Waals surface area contributed by atoms with Gasteiger partial charge in [-0.05, 0) is 106 Å². The monoisotopic (exact) mass is 1100 g/mol. The number of aliphatic imine (C=N–C) groups is 1. The Morgan fingerprint density at radius 1 is 0.870 bits per heavy atom. The Labute approximate surface area is 462 Å². The maximum absolute atomic E-state index is 14.0. The topological polar surface area (TPSA) is 191 Å². The van der Waals surface area contributed by atoms with Gasteiger partial charge in [0.2, 0.25) is 23.6 Å². The van der Waals surface area contributed by atoms with Crippen molar-refractivity contribution in [1.82, 2.24) is 50.4 Å². The van der Waals surface area contributed by atoms with Crippen LogP contribution in [0.2, 0.25) is 5.02 Å². The predicted molar refractivity (Wildman–Crippen MR) is 302 cm³/mol. The van der Waals surface area contributed by atoms with Gasteiger partial charge in [-0.3, -0.25) is 33.4 Å². The summed E-state index contributed by atoms with van der Waals surface area (Å²) in [5.41, 5.74) is 11.0. The third-order valence-corrected chi connectivity index (χ3v) is 16.8. The van der Waals surface area contributed by atoms with Crippen molar-refractivity contribution in [2.24, 2.45) is 10.4 Å². The van der Waals surface area contributed by atoms with E-state index in [0.29, 0.717) is 56.4 Å². The molecule has 9 rings (SSSR count). The van der Waals surface area contributed by atoms with Crippen molar-refractivity contribution in [2.45, 2.75) is 125 Å². The number of aryl methyl sites for hydroxylation is 4. The summed E-state index contributed by atoms with van der Waals surface area (Å²) in [6.07, 6.45) is 6.67. The first-order valence-electron chi connectivity index (χ1n) is 26.2. The highest BCUT2D eigenvalue weighted by Crippen LogP contribution is 2.40. The molecule has 1 unspecified atom stereocenters. The number of benzene rings is 3. The zero-order valence-corrected chi connectivity index (χ0v) is 47.2. The van der Waals surface area contributed by atoms with Crippen molar-refractivity contribution >= 4 is 63.6 Å². The first-order chi connectivity index (χ1) is 36.9. The number of nitrogens with one attached hydrogen (secondary N) is 3. The van der Waals surface area contributed by atoms with E-state index >= 15 is 0 Å². The molecular formula is C58H66ClN11O5S2. The number of aromatic nitrogens is 6. The Balaban J connectivity index is 0.715. The van der Waals surface area contributed by atoms with Gasteiger partial charge in [0.25, 0.3) is 0 Å². The van der Waals surface area contributed by atoms with Gasteiger partial charge in [0.05, 0.1) is 40.5 Å². The third-order valence-electron chi connectivity index (χ3n) is 14.3. The van der Waals surface area contributed by atoms with Crippen LogP contribution in [-0.2, 0) is 37.0 Å². The van der Waals surface area contributed by atoms with Gasteiger partial charge in [-0.2, -0.15) is 5.10 Å². The molecule has 1 saturated heterocycles. The number of hydrogen-bond acceptors (Lipinski definition) is 12. The van der Waals surface area contributed by atoms with E-state index in [9.17, 15) is 19.2 Å². The second-order valence-electron chi connectivity index (χ2n) is 21.0. The van der Waals surface area contributed by atoms with Gasteiger partial charge in [0, 0.05) is 59.0 Å². The van der Waals surface area contributed by atoms with E-state index in [1.165, 1.54) is 4.88 Å². The largest absolute Gasteiger partial charge is 0.372 e. The SMILES string of the molecule is Cc1ncsc1-c1ccc(CNC(=O)[C@@H]2CCCN2C(=O)C(NC(=O)COCCCCn2cc(-c3ccc([C@@H](C)NC(=O)C[C@@H]4N=C(c5ccc(Cl)cc5)c5c(sc(C)c5C)-n5c(C)nnc54)cc3)cn2)C(C)(C)C)cc1. The predicted octanol–water partition coefficient (Wildman–Crippen LogP) is 10.00. The molecule has 2 aliphatic heterocycles. The minimum Gasteiger partial charge on any atom is -0.372 e. The maximum Gasteiger partial charge on any atom is 0.246 e. The molecule has 4 aromatic heterocycles. The Kier molecular flexibility index (Phi) is 17.0. The molecule has 2 aliphatic rings. The Hall–Kier alpha value is -6.86. The van der Waals surface area contributed by atoms with Crippen molar-refractivity contribution in [3.63, 3.8) is 0 Å². The zero-order valence-electron chi connectivity index (χ0n) is 44.9. The van der Waals surface area contributed by atoms with E-state index < -0.39 is 23.5 Å². The van der Waals surface area contributed by atoms with E-state index in [1.54, 1.807) is 27.6 Å². The van der Waals surface area contributed by atoms with E-state index in [-0.39, 0.29) is 42.7 Å². The number of thiazole rings is 1. The molecule has 0 spiro atoms. The van der Waals surface area contributed by atoms with Crippen LogP contribution in [0.25, 0.3) is 26.6 Å². The van der Waals surface area contributed by atoms with Gasteiger partial charge in [0.1, 0.15) is 35.6 Å². The fraction of sp³-hybridized carbons (Fsp3) is 0.397. The number of halogens is 1. The van der Waals surface area contributed by atoms with Gasteiger partial charge < -0.3 is 25.6 Å². The summed E-state index contributed by atoms with van der Waals surface area (Å²) >= 11 is 9.56. The summed E-state index contributed by atoms with van der Waals surface area (Å²) < 4.78 is 9.71. The van der Waals surface area contributed by atoms with Crippen molar-refractivity contribution in [2.75, 3.05) is 19.8 Å². The number of carbonyl (C=O) groups is 4. The summed E-state index contributed by atoms with van der Waals surface area (Å²) in [7, 11) is 0. The van der Waals surface area contributed by atoms with Crippen molar-refractivity contribution in [1.29, 1.82) is 0 Å². The lowest BCUT2D eigenvalue weighted by molar-refractivity contribution is -0.144. The van der Waals surface area contributed by atoms with Gasteiger partial charge in [0.15, 0.2) is 5.82 Å². The van der Waals surface area contributed by atoms with Crippen LogP contribution >= 0.6 is 34.3 Å². The van der Waals surface area contributed by atoms with Crippen LogP contribution in [-0.4, -0.2) is 95.6 Å². The summed E-state index contributed by atoms with van der Waals surface area (Å²) in [5, 5.41) is 24.3. The van der Waals surface area contributed by atoms with Crippen molar-refractivity contribution in [3.05, 3.63) is 146 Å². The summed E-state index contributed by atoms with van der Waals surface area (Å²) in [5.74, 6) is 0.358. The lowest BCUT2D eigenvalue weighted by Gasteiger charge is -2.35. The highest BCUT2D eigenvalue weighted by atomic mass is 35.5. The molecule has 6 heterocycles. The molecule has 4 atom stereocenters. The molecule has 0 radical (unpaired) electrons. The number of ether oxygens (including phenoxy) is 1. The van der Waals surface area contributed by atoms with Crippen LogP contribution in [0, 0.1) is 33.1 Å². The fourth-order valence-corrected chi connectivity index (χ4v) is 12.1. The Morgan fingerprint density at radius 2 is 1.60 bits per heavy atom. The molecule has 402 valence electrons. The number of unbranched alkanes of at least 4 members (excludes halogenated alkanes) is 1. The second kappa shape index (κ2) is 23.8. The summed E-state index contributed by atoms with van der Waals surface area (Å²) in [6, 6.07) is 21.5. The van der Waals surface area contributed by atoms with Crippen LogP contribution in [0.1, 0.15) is 122 Å². The number of likely N-dealkylation sites (tertiary alicyclic amines) is 1. The molecule has 0 saturated carbocycles. The van der Waals surface area contributed by atoms with E-state index in [2.05, 4.69) is 50.1 Å². The van der Waals surface area contributed by atoms with Gasteiger partial charge in [-0.15, -0.1) is 32.9 Å². The van der Waals surface area contributed by atoms with Crippen molar-refractivity contribution < 1.29 is 23.9 Å². The number of thiophene rings is 1. The fourth-order valence-electron chi connectivity index (χ4n) is 9.91. The van der Waals surface area contributed by atoms with Crippen molar-refractivity contribution in [3.8, 4) is 26.6 Å². The quantitative estimate of drug-likeness (QED) is 0.0662. The lowest BCUT2D eigenvalue weighted by atomic mass is 9.85. The van der Waals surface area contributed by atoms with Crippen LogP contribution in [0.3, 0.4) is 0 Å². The van der Waals surface area contributed by atoms with E-state index in [4.69, 9.17) is 21.3 Å². The maximum atomic E-state index is 14.0. The molecule has 4 amide bonds. The Morgan fingerprint density at radius 3 is 2.31 bits per heavy atom. The number of amides is 4. The minimum atomic E-state index is -0.836. The standard InChI is InChI=1S/C58H66ClN11O5S2/c1-34-37(4)77-57-50(34)51(42-21-23-45(59)24-22-42)64-46(54-67-66-38(5)70(54)57)28-48(71)63-35(2)40-17-19-41(20-18-40)44-30-62-68(31-44)25-9-10-27-75-32-49(72)65-53(58(6,7)8)56(74)69-26-11-12-47(69)55(73)60-29-39-13-15-43(16-14-39)52-36(3)61-33-76-52/h13-24,30-31,33,35,46-47,53H,9-12,25-29,32H2,1-8H3,(H,60,73)(H,63,71)(H,65,72)/t35-,46+,47+,53?/m1/s1. The summed E-state index contributed by atoms with van der Waals surface area (Å²) in [4.78, 5) is 68.0. The average Bonchev–Trinajstić information content (AvgIpc) is 4.27. The molecule has 7 aromatic rings. The van der Waals surface area contributed by atoms with Gasteiger partial charge >= 0.3 is 0 Å². The summed E-state index contributed by atoms with van der Waals surface area (Å²) in [6.45, 7) is 17.4. The molecule has 0 bridgehead atoms. The number of hydrogen-bond donors (Lipinski definition) is 3. The highest BCUT2D eigenvalue weighted by molar-refractivity contribution is 7.15. The smallest absolute Gasteiger partial charge is 0.246 e. The molecular weight excluding hydrogens is 1030 g/mol. The van der Waals surface area contributed by atoms with Crippen LogP contribution < -0.4 is 16.0 Å². The molecule has 0 aliphatic carbocycles. The minimum absolute atomic E-state index is 0.0852. The number of rotatable bonds is 19. The molecule has 19 heteroatoms. The van der Waals surface area contributed by atoms with Gasteiger partial charge in [-0.1, -0.05) is 93.0 Å². The van der Waals surface area contributed by atoms with Gasteiger partial charge in [-0.25, -0.2) is 4.98 Å².